The largest absolute Gasteiger partial charge is 0.286 e. The fraction of sp³-hybridized carbons (Fsp3) is 0.438. The monoisotopic (exact) mass is 411 g/mol. The molecule has 4 rings (SSSR count). The van der Waals surface area contributed by atoms with Crippen LogP contribution in [0.1, 0.15) is 23.1 Å². The Morgan fingerprint density at radius 1 is 1.13 bits per heavy atom. The maximum Gasteiger partial charge on any atom is 0.286 e. The van der Waals surface area contributed by atoms with Gasteiger partial charge in [0.15, 0.2) is 0 Å². The van der Waals surface area contributed by atoms with E-state index in [2.05, 4.69) is 20.8 Å². The van der Waals surface area contributed by atoms with Crippen molar-refractivity contribution in [2.24, 2.45) is 7.05 Å². The predicted octanol–water partition coefficient (Wildman–Crippen LogP) is 3.80. The van der Waals surface area contributed by atoms with Crippen LogP contribution in [0.3, 0.4) is 0 Å². The lowest BCUT2D eigenvalue weighted by atomic mass is 10.3. The van der Waals surface area contributed by atoms with E-state index >= 15 is 0 Å². The van der Waals surface area contributed by atoms with E-state index in [0.717, 1.165) is 11.4 Å². The molecule has 2 aliphatic heterocycles. The van der Waals surface area contributed by atoms with Gasteiger partial charge < -0.3 is 0 Å². The van der Waals surface area contributed by atoms with Crippen molar-refractivity contribution >= 4 is 39.5 Å². The third-order valence-corrected chi connectivity index (χ3v) is 8.48. The van der Waals surface area contributed by atoms with Crippen molar-refractivity contribution in [3.05, 3.63) is 50.9 Å². The molecule has 1 aromatic carbocycles. The quantitative estimate of drug-likeness (QED) is 0.768. The lowest BCUT2D eigenvalue weighted by Crippen LogP contribution is -2.34. The number of hydrogen-bond acceptors (Lipinski definition) is 4. The fourth-order valence-electron chi connectivity index (χ4n) is 3.18. The van der Waals surface area contributed by atoms with Crippen LogP contribution in [0.4, 0.5) is 0 Å². The van der Waals surface area contributed by atoms with Gasteiger partial charge in [0.2, 0.25) is 0 Å². The molecule has 0 amide bonds. The summed E-state index contributed by atoms with van der Waals surface area (Å²) in [5.74, 6) is 0. The molecule has 0 N–H and O–H groups in total. The number of halogens is 1. The second-order valence-electron chi connectivity index (χ2n) is 5.83. The van der Waals surface area contributed by atoms with E-state index in [1.54, 1.807) is 4.68 Å². The number of thioether (sulfide) groups is 2. The van der Waals surface area contributed by atoms with Crippen molar-refractivity contribution in [2.75, 3.05) is 13.1 Å². The Morgan fingerprint density at radius 2 is 1.78 bits per heavy atom. The zero-order valence-electron chi connectivity index (χ0n) is 12.8. The van der Waals surface area contributed by atoms with Gasteiger partial charge in [0, 0.05) is 20.1 Å². The average Bonchev–Trinajstić information content (AvgIpc) is 3.10. The highest BCUT2D eigenvalue weighted by Gasteiger charge is 2.40. The second kappa shape index (κ2) is 6.35. The first-order valence-electron chi connectivity index (χ1n) is 7.74. The summed E-state index contributed by atoms with van der Waals surface area (Å²) in [5.41, 5.74) is 1.99. The summed E-state index contributed by atoms with van der Waals surface area (Å²) in [5, 5.41) is 0. The van der Waals surface area contributed by atoms with Crippen LogP contribution in [0.2, 0.25) is 0 Å². The van der Waals surface area contributed by atoms with Crippen molar-refractivity contribution in [2.45, 2.75) is 22.1 Å². The number of likely N-dealkylation sites (tertiary alicyclic amines) is 1. The Hall–Kier alpha value is -0.630. The minimum absolute atomic E-state index is 0.0134. The summed E-state index contributed by atoms with van der Waals surface area (Å²) < 4.78 is 5.28. The molecule has 2 aromatic rings. The molecule has 2 aliphatic rings. The first-order chi connectivity index (χ1) is 11.2. The zero-order chi connectivity index (χ0) is 16.0. The topological polar surface area (TPSA) is 30.2 Å². The minimum atomic E-state index is 0.0134. The van der Waals surface area contributed by atoms with Gasteiger partial charge >= 0.3 is 0 Å². The summed E-state index contributed by atoms with van der Waals surface area (Å²) >= 11 is 7.44. The van der Waals surface area contributed by atoms with E-state index in [1.807, 2.05) is 65.6 Å². The molecule has 0 atom stereocenters. The van der Waals surface area contributed by atoms with Crippen molar-refractivity contribution in [3.63, 3.8) is 0 Å². The van der Waals surface area contributed by atoms with Crippen molar-refractivity contribution < 1.29 is 0 Å². The molecule has 23 heavy (non-hydrogen) atoms. The van der Waals surface area contributed by atoms with E-state index in [9.17, 15) is 4.79 Å². The smallest absolute Gasteiger partial charge is 0.283 e. The first-order valence-corrected chi connectivity index (χ1v) is 10.4. The Labute approximate surface area is 152 Å². The summed E-state index contributed by atoms with van der Waals surface area (Å²) in [6, 6.07) is 9.81. The molecule has 2 fully saturated rings. The van der Waals surface area contributed by atoms with Crippen LogP contribution in [0.15, 0.2) is 39.6 Å². The maximum atomic E-state index is 12.7. The molecule has 4 nitrogen and oxygen atoms in total. The summed E-state index contributed by atoms with van der Waals surface area (Å²) in [6.45, 7) is 2.42. The fourth-order valence-corrected chi connectivity index (χ4v) is 7.11. The molecule has 7 heteroatoms. The molecule has 122 valence electrons. The Bertz CT molecular complexity index is 762. The van der Waals surface area contributed by atoms with Gasteiger partial charge in [-0.15, -0.1) is 23.5 Å². The second-order valence-corrected chi connectivity index (χ2v) is 9.60. The number of nitrogens with zero attached hydrogens (tertiary/aromatic N) is 3. The van der Waals surface area contributed by atoms with Crippen LogP contribution in [-0.2, 0) is 7.05 Å². The predicted molar refractivity (Wildman–Crippen MR) is 101 cm³/mol. The number of para-hydroxylation sites is 1. The molecule has 0 saturated carbocycles. The van der Waals surface area contributed by atoms with E-state index in [-0.39, 0.29) is 5.56 Å². The number of aromatic nitrogens is 2. The van der Waals surface area contributed by atoms with Crippen LogP contribution in [-0.4, -0.2) is 32.1 Å². The highest BCUT2D eigenvalue weighted by molar-refractivity contribution is 9.10. The van der Waals surface area contributed by atoms with Crippen LogP contribution in [0.25, 0.3) is 5.69 Å². The van der Waals surface area contributed by atoms with Gasteiger partial charge in [0.25, 0.3) is 5.56 Å². The van der Waals surface area contributed by atoms with Gasteiger partial charge in [-0.25, -0.2) is 4.68 Å². The molecule has 0 unspecified atom stereocenters. The third kappa shape index (κ3) is 2.71. The summed E-state index contributed by atoms with van der Waals surface area (Å²) in [4.78, 5) is 15.2. The van der Waals surface area contributed by atoms with E-state index in [1.165, 1.54) is 25.9 Å². The number of rotatable bonds is 3. The molecule has 2 saturated heterocycles. The zero-order valence-corrected chi connectivity index (χ0v) is 16.0. The molecule has 1 aromatic heterocycles. The Balaban J connectivity index is 1.62. The van der Waals surface area contributed by atoms with Gasteiger partial charge in [-0.05, 0) is 40.9 Å². The highest BCUT2D eigenvalue weighted by Crippen LogP contribution is 2.60. The molecule has 0 radical (unpaired) electrons. The lowest BCUT2D eigenvalue weighted by Gasteiger charge is -2.39. The van der Waals surface area contributed by atoms with Crippen molar-refractivity contribution in [3.8, 4) is 5.69 Å². The van der Waals surface area contributed by atoms with Crippen molar-refractivity contribution in [1.82, 2.24) is 14.3 Å². The standard InChI is InChI=1S/C16H18BrN3OS2/c1-18-13(15-22-16(23-15)19-9-5-6-10-19)12(17)14(21)20(18)11-7-3-2-4-8-11/h2-4,7-8,15-16H,5-6,9-10H2,1H3. The minimum Gasteiger partial charge on any atom is -0.283 e. The van der Waals surface area contributed by atoms with Crippen LogP contribution in [0, 0.1) is 0 Å². The molecule has 0 aliphatic carbocycles. The Kier molecular flexibility index (Phi) is 4.38. The normalized spacial score (nSPS) is 24.8. The third-order valence-electron chi connectivity index (χ3n) is 4.40. The first kappa shape index (κ1) is 15.9. The average molecular weight is 412 g/mol. The van der Waals surface area contributed by atoms with Crippen LogP contribution >= 0.6 is 39.5 Å². The van der Waals surface area contributed by atoms with Gasteiger partial charge in [-0.3, -0.25) is 14.4 Å². The maximum absolute atomic E-state index is 12.7. The van der Waals surface area contributed by atoms with Crippen molar-refractivity contribution in [1.29, 1.82) is 0 Å². The molecule has 3 heterocycles. The van der Waals surface area contributed by atoms with E-state index in [4.69, 9.17) is 0 Å². The van der Waals surface area contributed by atoms with Crippen LogP contribution in [0.5, 0.6) is 0 Å². The molecular formula is C16H18BrN3OS2. The van der Waals surface area contributed by atoms with Gasteiger partial charge in [0.1, 0.15) is 9.18 Å². The molecular weight excluding hydrogens is 394 g/mol. The van der Waals surface area contributed by atoms with Crippen LogP contribution < -0.4 is 5.56 Å². The van der Waals surface area contributed by atoms with Gasteiger partial charge in [-0.2, -0.15) is 0 Å². The number of benzene rings is 1. The molecule has 0 bridgehead atoms. The SMILES string of the molecule is Cn1c(C2SC(N3CCCC3)S2)c(Br)c(=O)n1-c1ccccc1. The lowest BCUT2D eigenvalue weighted by molar-refractivity contribution is 0.375. The summed E-state index contributed by atoms with van der Waals surface area (Å²) in [7, 11) is 1.97. The summed E-state index contributed by atoms with van der Waals surface area (Å²) in [6.07, 6.45) is 2.63. The van der Waals surface area contributed by atoms with Gasteiger partial charge in [-0.1, -0.05) is 18.2 Å². The Morgan fingerprint density at radius 3 is 2.43 bits per heavy atom. The molecule has 0 spiro atoms. The number of hydrogen-bond donors (Lipinski definition) is 0. The van der Waals surface area contributed by atoms with E-state index < -0.39 is 0 Å². The highest BCUT2D eigenvalue weighted by atomic mass is 79.9. The van der Waals surface area contributed by atoms with E-state index in [0.29, 0.717) is 13.8 Å². The van der Waals surface area contributed by atoms with Gasteiger partial charge in [0.05, 0.1) is 16.0 Å².